The average Bonchev–Trinajstić information content (AvgIpc) is 2.42. The van der Waals surface area contributed by atoms with Crippen molar-refractivity contribution in [1.29, 1.82) is 0 Å². The molecule has 1 N–H and O–H groups in total. The smallest absolute Gasteiger partial charge is 0.0332 e. The Hall–Kier alpha value is -0.380. The van der Waals surface area contributed by atoms with Gasteiger partial charge in [-0.1, -0.05) is 48.0 Å². The Balaban J connectivity index is 2.18. The topological polar surface area (TPSA) is 15.3 Å². The minimum atomic E-state index is 0.327. The first-order valence-corrected chi connectivity index (χ1v) is 7.70. The summed E-state index contributed by atoms with van der Waals surface area (Å²) in [6, 6.07) is 8.57. The van der Waals surface area contributed by atoms with Crippen LogP contribution in [0.15, 0.2) is 28.7 Å². The molecule has 1 aromatic rings. The van der Waals surface area contributed by atoms with Crippen LogP contribution in [0.2, 0.25) is 0 Å². The van der Waals surface area contributed by atoms with E-state index in [1.54, 1.807) is 0 Å². The van der Waals surface area contributed by atoms with Crippen molar-refractivity contribution in [1.82, 2.24) is 10.2 Å². The van der Waals surface area contributed by atoms with Crippen LogP contribution in [-0.2, 0) is 6.54 Å². The molecule has 1 aromatic carbocycles. The minimum Gasteiger partial charge on any atom is -0.314 e. The van der Waals surface area contributed by atoms with Crippen LogP contribution in [0.3, 0.4) is 0 Å². The molecule has 0 atom stereocenters. The van der Waals surface area contributed by atoms with Gasteiger partial charge < -0.3 is 5.32 Å². The third-order valence-electron chi connectivity index (χ3n) is 4.32. The molecule has 18 heavy (non-hydrogen) atoms. The van der Waals surface area contributed by atoms with Gasteiger partial charge in [-0.25, -0.2) is 0 Å². The van der Waals surface area contributed by atoms with Crippen LogP contribution in [0.25, 0.3) is 0 Å². The fourth-order valence-corrected chi connectivity index (χ4v) is 3.32. The molecular weight excluding hydrogens is 288 g/mol. The molecule has 0 saturated carbocycles. The molecule has 0 amide bonds. The molecule has 2 nitrogen and oxygen atoms in total. The molecule has 0 unspecified atom stereocenters. The highest BCUT2D eigenvalue weighted by molar-refractivity contribution is 9.10. The maximum Gasteiger partial charge on any atom is 0.0332 e. The maximum absolute atomic E-state index is 3.66. The summed E-state index contributed by atoms with van der Waals surface area (Å²) in [6.07, 6.45) is 2.42. The summed E-state index contributed by atoms with van der Waals surface area (Å²) in [4.78, 5) is 2.66. The second-order valence-corrected chi connectivity index (χ2v) is 5.98. The fraction of sp³-hybridized carbons (Fsp3) is 0.600. The summed E-state index contributed by atoms with van der Waals surface area (Å²) in [5, 5.41) is 3.55. The van der Waals surface area contributed by atoms with Gasteiger partial charge in [0.1, 0.15) is 0 Å². The number of nitrogens with one attached hydrogen (secondary N) is 1. The van der Waals surface area contributed by atoms with E-state index in [9.17, 15) is 0 Å². The third kappa shape index (κ3) is 2.79. The molecule has 1 aliphatic rings. The van der Waals surface area contributed by atoms with Crippen molar-refractivity contribution < 1.29 is 0 Å². The van der Waals surface area contributed by atoms with Crippen molar-refractivity contribution in [2.24, 2.45) is 0 Å². The van der Waals surface area contributed by atoms with Gasteiger partial charge in [0.25, 0.3) is 0 Å². The van der Waals surface area contributed by atoms with Crippen molar-refractivity contribution in [3.8, 4) is 0 Å². The van der Waals surface area contributed by atoms with Gasteiger partial charge in [0.15, 0.2) is 0 Å². The van der Waals surface area contributed by atoms with E-state index in [-0.39, 0.29) is 0 Å². The number of rotatable bonds is 4. The lowest BCUT2D eigenvalue weighted by Crippen LogP contribution is -2.60. The number of benzene rings is 1. The Bertz CT molecular complexity index is 388. The Morgan fingerprint density at radius 3 is 2.67 bits per heavy atom. The molecule has 0 aliphatic carbocycles. The fourth-order valence-electron chi connectivity index (χ4n) is 2.91. The Kier molecular flexibility index (Phi) is 4.82. The predicted molar refractivity (Wildman–Crippen MR) is 80.7 cm³/mol. The van der Waals surface area contributed by atoms with E-state index >= 15 is 0 Å². The monoisotopic (exact) mass is 310 g/mol. The molecule has 1 fully saturated rings. The number of piperazine rings is 1. The van der Waals surface area contributed by atoms with Crippen LogP contribution in [0.4, 0.5) is 0 Å². The number of hydrogen-bond donors (Lipinski definition) is 1. The van der Waals surface area contributed by atoms with Crippen LogP contribution in [0.5, 0.6) is 0 Å². The molecular formula is C15H23BrN2. The normalized spacial score (nSPS) is 19.9. The van der Waals surface area contributed by atoms with Crippen molar-refractivity contribution in [2.75, 3.05) is 19.6 Å². The zero-order chi connectivity index (χ0) is 13.0. The van der Waals surface area contributed by atoms with Crippen LogP contribution in [-0.4, -0.2) is 30.1 Å². The number of nitrogens with zero attached hydrogens (tertiary/aromatic N) is 1. The van der Waals surface area contributed by atoms with Crippen LogP contribution in [0, 0.1) is 0 Å². The highest BCUT2D eigenvalue weighted by Crippen LogP contribution is 2.29. The van der Waals surface area contributed by atoms with Crippen LogP contribution >= 0.6 is 15.9 Å². The van der Waals surface area contributed by atoms with Crippen molar-refractivity contribution in [3.63, 3.8) is 0 Å². The third-order valence-corrected chi connectivity index (χ3v) is 5.09. The molecule has 3 heteroatoms. The van der Waals surface area contributed by atoms with Crippen LogP contribution < -0.4 is 5.32 Å². The van der Waals surface area contributed by atoms with E-state index in [1.807, 2.05) is 0 Å². The number of halogens is 1. The number of hydrogen-bond acceptors (Lipinski definition) is 2. The van der Waals surface area contributed by atoms with Crippen LogP contribution in [0.1, 0.15) is 32.3 Å². The van der Waals surface area contributed by atoms with E-state index in [0.717, 1.165) is 26.2 Å². The molecule has 0 radical (unpaired) electrons. The molecule has 0 aromatic heterocycles. The molecule has 1 saturated heterocycles. The predicted octanol–water partition coefficient (Wildman–Crippen LogP) is 3.41. The van der Waals surface area contributed by atoms with E-state index in [1.165, 1.54) is 22.9 Å². The zero-order valence-corrected chi connectivity index (χ0v) is 13.0. The molecule has 2 rings (SSSR count). The summed E-state index contributed by atoms with van der Waals surface area (Å²) < 4.78 is 1.23. The second kappa shape index (κ2) is 6.18. The summed E-state index contributed by atoms with van der Waals surface area (Å²) >= 11 is 3.66. The van der Waals surface area contributed by atoms with Crippen molar-refractivity contribution in [3.05, 3.63) is 34.3 Å². The first-order chi connectivity index (χ1) is 8.72. The summed E-state index contributed by atoms with van der Waals surface area (Å²) in [5.41, 5.74) is 1.72. The molecule has 0 spiro atoms. The Labute approximate surface area is 119 Å². The van der Waals surface area contributed by atoms with Gasteiger partial charge in [0.2, 0.25) is 0 Å². The standard InChI is InChI=1S/C15H23BrN2/c1-3-15(4-2)12-17-9-10-18(15)11-13-7-5-6-8-14(13)16/h5-8,17H,3-4,9-12H2,1-2H3. The SMILES string of the molecule is CCC1(CC)CNCCN1Cc1ccccc1Br. The first kappa shape index (κ1) is 14.0. The van der Waals surface area contributed by atoms with Gasteiger partial charge >= 0.3 is 0 Å². The first-order valence-electron chi connectivity index (χ1n) is 6.91. The average molecular weight is 311 g/mol. The highest BCUT2D eigenvalue weighted by Gasteiger charge is 2.35. The van der Waals surface area contributed by atoms with Gasteiger partial charge in [0, 0.05) is 36.2 Å². The Morgan fingerprint density at radius 1 is 1.28 bits per heavy atom. The lowest BCUT2D eigenvalue weighted by Gasteiger charge is -2.47. The van der Waals surface area contributed by atoms with Gasteiger partial charge in [-0.15, -0.1) is 0 Å². The van der Waals surface area contributed by atoms with E-state index < -0.39 is 0 Å². The molecule has 1 heterocycles. The molecule has 0 bridgehead atoms. The summed E-state index contributed by atoms with van der Waals surface area (Å²) in [6.45, 7) is 9.03. The minimum absolute atomic E-state index is 0.327. The highest BCUT2D eigenvalue weighted by atomic mass is 79.9. The largest absolute Gasteiger partial charge is 0.314 e. The van der Waals surface area contributed by atoms with Gasteiger partial charge in [-0.2, -0.15) is 0 Å². The summed E-state index contributed by atoms with van der Waals surface area (Å²) in [5.74, 6) is 0. The van der Waals surface area contributed by atoms with Crippen molar-refractivity contribution >= 4 is 15.9 Å². The molecule has 100 valence electrons. The zero-order valence-electron chi connectivity index (χ0n) is 11.4. The van der Waals surface area contributed by atoms with E-state index in [0.29, 0.717) is 5.54 Å². The second-order valence-electron chi connectivity index (χ2n) is 5.12. The van der Waals surface area contributed by atoms with Gasteiger partial charge in [-0.05, 0) is 24.5 Å². The summed E-state index contributed by atoms with van der Waals surface area (Å²) in [7, 11) is 0. The maximum atomic E-state index is 3.66. The van der Waals surface area contributed by atoms with Gasteiger partial charge in [-0.3, -0.25) is 4.90 Å². The van der Waals surface area contributed by atoms with E-state index in [4.69, 9.17) is 0 Å². The lowest BCUT2D eigenvalue weighted by molar-refractivity contribution is 0.0446. The quantitative estimate of drug-likeness (QED) is 0.917. The Morgan fingerprint density at radius 2 is 2.00 bits per heavy atom. The van der Waals surface area contributed by atoms with E-state index in [2.05, 4.69) is 64.3 Å². The lowest BCUT2D eigenvalue weighted by atomic mass is 9.88. The van der Waals surface area contributed by atoms with Crippen molar-refractivity contribution in [2.45, 2.75) is 38.8 Å². The molecule has 1 aliphatic heterocycles. The van der Waals surface area contributed by atoms with Gasteiger partial charge in [0.05, 0.1) is 0 Å².